The molecule has 0 radical (unpaired) electrons. The van der Waals surface area contributed by atoms with Crippen LogP contribution < -0.4 is 10.1 Å². The number of aliphatic hydroxyl groups excluding tert-OH is 1. The molecule has 0 heterocycles. The Morgan fingerprint density at radius 1 is 1.20 bits per heavy atom. The van der Waals surface area contributed by atoms with Crippen molar-refractivity contribution in [3.8, 4) is 5.75 Å². The first-order valence-electron chi connectivity index (χ1n) is 9.08. The third-order valence-corrected chi connectivity index (χ3v) is 4.74. The summed E-state index contributed by atoms with van der Waals surface area (Å²) in [6, 6.07) is 16.8. The highest BCUT2D eigenvalue weighted by atomic mass is 16.5. The van der Waals surface area contributed by atoms with Crippen LogP contribution >= 0.6 is 0 Å². The minimum Gasteiger partial charge on any atom is -0.491 e. The summed E-state index contributed by atoms with van der Waals surface area (Å²) in [5.41, 5.74) is 3.90. The maximum Gasteiger partial charge on any atom is 0.122 e. The van der Waals surface area contributed by atoms with Gasteiger partial charge in [-0.05, 0) is 48.4 Å². The standard InChI is InChI=1S/C22H27NO2/c1-2-8-18-10-4-6-14-22(18)25-16-19(24)15-23-21-13-7-11-17-9-3-5-12-20(17)21/h2-6,9-10,12,14,19,21,23-24H,1,7-8,11,13,15-16H2/t19-,21-/m0/s1. The molecule has 0 aliphatic heterocycles. The van der Waals surface area contributed by atoms with Crippen LogP contribution in [0.5, 0.6) is 5.75 Å². The Hall–Kier alpha value is -2.10. The van der Waals surface area contributed by atoms with Crippen molar-refractivity contribution in [2.75, 3.05) is 13.2 Å². The van der Waals surface area contributed by atoms with Crippen molar-refractivity contribution >= 4 is 0 Å². The number of nitrogens with one attached hydrogen (secondary N) is 1. The van der Waals surface area contributed by atoms with E-state index in [4.69, 9.17) is 4.74 Å². The summed E-state index contributed by atoms with van der Waals surface area (Å²) < 4.78 is 5.82. The van der Waals surface area contributed by atoms with Crippen LogP contribution in [0.1, 0.15) is 35.6 Å². The van der Waals surface area contributed by atoms with E-state index in [2.05, 4.69) is 36.2 Å². The van der Waals surface area contributed by atoms with Gasteiger partial charge in [0.25, 0.3) is 0 Å². The summed E-state index contributed by atoms with van der Waals surface area (Å²) >= 11 is 0. The van der Waals surface area contributed by atoms with Crippen LogP contribution in [0.25, 0.3) is 0 Å². The van der Waals surface area contributed by atoms with Gasteiger partial charge in [-0.1, -0.05) is 48.5 Å². The van der Waals surface area contributed by atoms with Gasteiger partial charge in [0.1, 0.15) is 18.5 Å². The van der Waals surface area contributed by atoms with Crippen LogP contribution in [-0.4, -0.2) is 24.4 Å². The minimum atomic E-state index is -0.536. The monoisotopic (exact) mass is 337 g/mol. The van der Waals surface area contributed by atoms with Gasteiger partial charge in [-0.25, -0.2) is 0 Å². The Labute approximate surface area is 150 Å². The molecule has 2 aromatic rings. The number of allylic oxidation sites excluding steroid dienone is 1. The van der Waals surface area contributed by atoms with Gasteiger partial charge in [0, 0.05) is 12.6 Å². The average Bonchev–Trinajstić information content (AvgIpc) is 2.66. The van der Waals surface area contributed by atoms with E-state index in [-0.39, 0.29) is 6.61 Å². The van der Waals surface area contributed by atoms with Gasteiger partial charge in [0.15, 0.2) is 0 Å². The largest absolute Gasteiger partial charge is 0.491 e. The maximum absolute atomic E-state index is 10.3. The predicted molar refractivity (Wildman–Crippen MR) is 102 cm³/mol. The second kappa shape index (κ2) is 8.84. The molecule has 2 atom stereocenters. The quantitative estimate of drug-likeness (QED) is 0.720. The number of aryl methyl sites for hydroxylation is 1. The van der Waals surface area contributed by atoms with Crippen molar-refractivity contribution in [1.82, 2.24) is 5.32 Å². The van der Waals surface area contributed by atoms with Crippen molar-refractivity contribution in [1.29, 1.82) is 0 Å². The van der Waals surface area contributed by atoms with E-state index >= 15 is 0 Å². The Bertz CT molecular complexity index is 698. The summed E-state index contributed by atoms with van der Waals surface area (Å²) in [7, 11) is 0. The number of hydrogen-bond acceptors (Lipinski definition) is 3. The molecule has 0 bridgehead atoms. The first-order chi connectivity index (χ1) is 12.3. The molecule has 1 aliphatic rings. The maximum atomic E-state index is 10.3. The number of ether oxygens (including phenoxy) is 1. The molecule has 0 spiro atoms. The van der Waals surface area contributed by atoms with E-state index in [0.29, 0.717) is 12.6 Å². The first-order valence-corrected chi connectivity index (χ1v) is 9.08. The Balaban J connectivity index is 1.51. The molecule has 0 unspecified atom stereocenters. The Kier molecular flexibility index (Phi) is 6.26. The van der Waals surface area contributed by atoms with Gasteiger partial charge < -0.3 is 15.2 Å². The van der Waals surface area contributed by atoms with Crippen LogP contribution in [0.4, 0.5) is 0 Å². The number of aliphatic hydroxyl groups is 1. The smallest absolute Gasteiger partial charge is 0.122 e. The number of hydrogen-bond donors (Lipinski definition) is 2. The fourth-order valence-corrected chi connectivity index (χ4v) is 3.46. The van der Waals surface area contributed by atoms with Gasteiger partial charge in [-0.15, -0.1) is 6.58 Å². The molecule has 3 rings (SSSR count). The van der Waals surface area contributed by atoms with Crippen LogP contribution in [0.15, 0.2) is 61.2 Å². The third-order valence-electron chi connectivity index (χ3n) is 4.74. The lowest BCUT2D eigenvalue weighted by Crippen LogP contribution is -2.35. The summed E-state index contributed by atoms with van der Waals surface area (Å²) in [4.78, 5) is 0. The molecule has 0 amide bonds. The lowest BCUT2D eigenvalue weighted by molar-refractivity contribution is 0.102. The van der Waals surface area contributed by atoms with Crippen LogP contribution in [0.3, 0.4) is 0 Å². The molecule has 25 heavy (non-hydrogen) atoms. The average molecular weight is 337 g/mol. The molecule has 2 aromatic carbocycles. The van der Waals surface area contributed by atoms with E-state index in [1.165, 1.54) is 17.5 Å². The molecule has 3 nitrogen and oxygen atoms in total. The topological polar surface area (TPSA) is 41.5 Å². The molecular formula is C22H27NO2. The second-order valence-corrected chi connectivity index (χ2v) is 6.62. The van der Waals surface area contributed by atoms with E-state index in [1.54, 1.807) is 0 Å². The van der Waals surface area contributed by atoms with E-state index in [9.17, 15) is 5.11 Å². The van der Waals surface area contributed by atoms with Crippen molar-refractivity contribution in [2.24, 2.45) is 0 Å². The zero-order valence-corrected chi connectivity index (χ0v) is 14.7. The van der Waals surface area contributed by atoms with Crippen LogP contribution in [0.2, 0.25) is 0 Å². The molecule has 0 aromatic heterocycles. The van der Waals surface area contributed by atoms with Gasteiger partial charge in [0.2, 0.25) is 0 Å². The van der Waals surface area contributed by atoms with Crippen molar-refractivity contribution in [3.05, 3.63) is 77.9 Å². The summed E-state index contributed by atoms with van der Waals surface area (Å²) in [6.07, 6.45) is 5.55. The Morgan fingerprint density at radius 2 is 2.00 bits per heavy atom. The highest BCUT2D eigenvalue weighted by molar-refractivity contribution is 5.34. The predicted octanol–water partition coefficient (Wildman–Crippen LogP) is 3.82. The van der Waals surface area contributed by atoms with Gasteiger partial charge >= 0.3 is 0 Å². The molecule has 0 fully saturated rings. The first kappa shape index (κ1) is 17.7. The molecule has 2 N–H and O–H groups in total. The minimum absolute atomic E-state index is 0.287. The number of benzene rings is 2. The Morgan fingerprint density at radius 3 is 2.88 bits per heavy atom. The molecule has 1 aliphatic carbocycles. The zero-order valence-electron chi connectivity index (χ0n) is 14.7. The van der Waals surface area contributed by atoms with E-state index in [0.717, 1.165) is 30.6 Å². The highest BCUT2D eigenvalue weighted by Gasteiger charge is 2.20. The van der Waals surface area contributed by atoms with Crippen LogP contribution in [0, 0.1) is 0 Å². The second-order valence-electron chi connectivity index (χ2n) is 6.62. The highest BCUT2D eigenvalue weighted by Crippen LogP contribution is 2.29. The number of para-hydroxylation sites is 1. The fraction of sp³-hybridized carbons (Fsp3) is 0.364. The van der Waals surface area contributed by atoms with Gasteiger partial charge in [0.05, 0.1) is 0 Å². The molecular weight excluding hydrogens is 310 g/mol. The molecule has 3 heteroatoms. The lowest BCUT2D eigenvalue weighted by Gasteiger charge is -2.27. The third kappa shape index (κ3) is 4.71. The van der Waals surface area contributed by atoms with Crippen LogP contribution in [-0.2, 0) is 12.8 Å². The number of rotatable bonds is 8. The van der Waals surface area contributed by atoms with Crippen molar-refractivity contribution in [2.45, 2.75) is 37.8 Å². The van der Waals surface area contributed by atoms with E-state index in [1.807, 2.05) is 30.3 Å². The molecule has 0 saturated carbocycles. The SMILES string of the molecule is C=CCc1ccccc1OC[C@@H](O)CN[C@H]1CCCc2ccccc21. The lowest BCUT2D eigenvalue weighted by atomic mass is 9.88. The molecule has 0 saturated heterocycles. The number of fused-ring (bicyclic) bond motifs is 1. The fourth-order valence-electron chi connectivity index (χ4n) is 3.46. The molecule has 132 valence electrons. The van der Waals surface area contributed by atoms with E-state index < -0.39 is 6.10 Å². The van der Waals surface area contributed by atoms with Crippen molar-refractivity contribution in [3.63, 3.8) is 0 Å². The van der Waals surface area contributed by atoms with Crippen molar-refractivity contribution < 1.29 is 9.84 Å². The van der Waals surface area contributed by atoms with Gasteiger partial charge in [-0.2, -0.15) is 0 Å². The van der Waals surface area contributed by atoms with Gasteiger partial charge in [-0.3, -0.25) is 0 Å². The normalized spacial score (nSPS) is 17.6. The summed E-state index contributed by atoms with van der Waals surface area (Å²) in [6.45, 7) is 4.59. The zero-order chi connectivity index (χ0) is 17.5. The summed E-state index contributed by atoms with van der Waals surface area (Å²) in [5, 5.41) is 13.8. The summed E-state index contributed by atoms with van der Waals surface area (Å²) in [5.74, 6) is 0.824.